The molecule has 1 aromatic heterocycles. The van der Waals surface area contributed by atoms with Gasteiger partial charge in [-0.05, 0) is 12.1 Å². The van der Waals surface area contributed by atoms with Crippen LogP contribution in [0.15, 0.2) is 24.3 Å². The van der Waals surface area contributed by atoms with Gasteiger partial charge in [0.2, 0.25) is 5.91 Å². The van der Waals surface area contributed by atoms with Gasteiger partial charge in [-0.15, -0.1) is 0 Å². The van der Waals surface area contributed by atoms with Gasteiger partial charge < -0.3 is 15.0 Å². The molecule has 2 N–H and O–H groups in total. The van der Waals surface area contributed by atoms with Gasteiger partial charge in [-0.3, -0.25) is 4.79 Å². The summed E-state index contributed by atoms with van der Waals surface area (Å²) in [5, 5.41) is 2.70. The highest BCUT2D eigenvalue weighted by atomic mass is 19.3. The number of para-hydroxylation sites is 2. The maximum Gasteiger partial charge on any atom is 0.261 e. The molecule has 0 aliphatic heterocycles. The van der Waals surface area contributed by atoms with Gasteiger partial charge in [-0.2, -0.15) is 0 Å². The van der Waals surface area contributed by atoms with E-state index in [0.29, 0.717) is 13.0 Å². The van der Waals surface area contributed by atoms with Crippen LogP contribution in [0.1, 0.15) is 12.2 Å². The van der Waals surface area contributed by atoms with E-state index in [1.165, 1.54) is 0 Å². The van der Waals surface area contributed by atoms with Crippen LogP contribution in [0.4, 0.5) is 8.78 Å². The first kappa shape index (κ1) is 15.4. The van der Waals surface area contributed by atoms with E-state index in [9.17, 15) is 13.6 Å². The first-order valence-electron chi connectivity index (χ1n) is 6.71. The fraction of sp³-hybridized carbons (Fsp3) is 0.429. The molecule has 0 aliphatic rings. The Labute approximate surface area is 120 Å². The Morgan fingerprint density at radius 2 is 2.19 bits per heavy atom. The minimum absolute atomic E-state index is 0.000805. The predicted octanol–water partition coefficient (Wildman–Crippen LogP) is 1.89. The summed E-state index contributed by atoms with van der Waals surface area (Å²) in [6.45, 7) is -0.194. The third-order valence-electron chi connectivity index (χ3n) is 2.84. The number of carbonyl (C=O) groups excluding carboxylic acids is 1. The fourth-order valence-corrected chi connectivity index (χ4v) is 1.87. The second-order valence-corrected chi connectivity index (χ2v) is 4.52. The molecule has 0 saturated carbocycles. The van der Waals surface area contributed by atoms with Gasteiger partial charge in [0.15, 0.2) is 0 Å². The van der Waals surface area contributed by atoms with Crippen molar-refractivity contribution in [3.63, 3.8) is 0 Å². The van der Waals surface area contributed by atoms with E-state index in [-0.39, 0.29) is 18.9 Å². The number of carbonyl (C=O) groups is 1. The number of hydrogen-bond donors (Lipinski definition) is 2. The molecule has 0 radical (unpaired) electrons. The van der Waals surface area contributed by atoms with Gasteiger partial charge in [-0.1, -0.05) is 12.1 Å². The summed E-state index contributed by atoms with van der Waals surface area (Å²) in [6.07, 6.45) is -1.84. The van der Waals surface area contributed by atoms with Crippen LogP contribution in [0.25, 0.3) is 11.0 Å². The zero-order valence-electron chi connectivity index (χ0n) is 11.4. The molecule has 0 bridgehead atoms. The lowest BCUT2D eigenvalue weighted by Crippen LogP contribution is -2.27. The highest BCUT2D eigenvalue weighted by Crippen LogP contribution is 2.10. The lowest BCUT2D eigenvalue weighted by Gasteiger charge is -2.05. The summed E-state index contributed by atoms with van der Waals surface area (Å²) in [7, 11) is 0. The number of imidazole rings is 1. The Morgan fingerprint density at radius 3 is 2.95 bits per heavy atom. The second-order valence-electron chi connectivity index (χ2n) is 4.52. The molecule has 0 spiro atoms. The molecule has 2 rings (SSSR count). The summed E-state index contributed by atoms with van der Waals surface area (Å²) in [6, 6.07) is 7.68. The van der Waals surface area contributed by atoms with Gasteiger partial charge in [0.05, 0.1) is 17.6 Å². The van der Waals surface area contributed by atoms with Crippen molar-refractivity contribution < 1.29 is 18.3 Å². The van der Waals surface area contributed by atoms with Gasteiger partial charge in [0, 0.05) is 19.4 Å². The Morgan fingerprint density at radius 1 is 1.38 bits per heavy atom. The van der Waals surface area contributed by atoms with Crippen molar-refractivity contribution in [2.75, 3.05) is 19.8 Å². The molecule has 1 amide bonds. The summed E-state index contributed by atoms with van der Waals surface area (Å²) >= 11 is 0. The van der Waals surface area contributed by atoms with Gasteiger partial charge >= 0.3 is 0 Å². The molecule has 0 saturated heterocycles. The zero-order chi connectivity index (χ0) is 15.1. The van der Waals surface area contributed by atoms with Crippen molar-refractivity contribution in [2.45, 2.75) is 19.3 Å². The molecular formula is C14H17F2N3O2. The summed E-state index contributed by atoms with van der Waals surface area (Å²) in [4.78, 5) is 19.0. The van der Waals surface area contributed by atoms with Crippen LogP contribution in [0.2, 0.25) is 0 Å². The van der Waals surface area contributed by atoms with Gasteiger partial charge in [-0.25, -0.2) is 13.8 Å². The zero-order valence-corrected chi connectivity index (χ0v) is 11.4. The fourth-order valence-electron chi connectivity index (χ4n) is 1.87. The number of nitrogens with one attached hydrogen (secondary N) is 2. The third-order valence-corrected chi connectivity index (χ3v) is 2.84. The molecule has 7 heteroatoms. The van der Waals surface area contributed by atoms with Gasteiger partial charge in [0.25, 0.3) is 6.43 Å². The molecule has 2 aromatic rings. The van der Waals surface area contributed by atoms with Crippen LogP contribution in [0, 0.1) is 0 Å². The molecular weight excluding hydrogens is 280 g/mol. The average molecular weight is 297 g/mol. The molecule has 114 valence electrons. The number of hydrogen-bond acceptors (Lipinski definition) is 3. The standard InChI is InChI=1S/C14H17F2N3O2/c15-12(16)9-21-8-6-14(20)17-7-5-13-18-10-3-1-2-4-11(10)19-13/h1-4,12H,5-9H2,(H,17,20)(H,18,19). The van der Waals surface area contributed by atoms with Crippen molar-refractivity contribution >= 4 is 16.9 Å². The first-order valence-corrected chi connectivity index (χ1v) is 6.71. The van der Waals surface area contributed by atoms with E-state index >= 15 is 0 Å². The van der Waals surface area contributed by atoms with Crippen LogP contribution in [0.3, 0.4) is 0 Å². The Kier molecular flexibility index (Phi) is 5.62. The SMILES string of the molecule is O=C(CCOCC(F)F)NCCc1nc2ccccc2[nH]1. The monoisotopic (exact) mass is 297 g/mol. The minimum Gasteiger partial charge on any atom is -0.375 e. The third kappa shape index (κ3) is 5.11. The predicted molar refractivity (Wildman–Crippen MR) is 74.2 cm³/mol. The molecule has 0 atom stereocenters. The highest BCUT2D eigenvalue weighted by molar-refractivity contribution is 5.76. The van der Waals surface area contributed by atoms with Crippen molar-refractivity contribution in [2.24, 2.45) is 0 Å². The molecule has 1 heterocycles. The number of rotatable bonds is 8. The molecule has 0 aliphatic carbocycles. The smallest absolute Gasteiger partial charge is 0.261 e. The lowest BCUT2D eigenvalue weighted by atomic mass is 10.3. The molecule has 0 unspecified atom stereocenters. The lowest BCUT2D eigenvalue weighted by molar-refractivity contribution is -0.122. The van der Waals surface area contributed by atoms with E-state index in [0.717, 1.165) is 16.9 Å². The summed E-state index contributed by atoms with van der Waals surface area (Å²) < 4.78 is 28.2. The topological polar surface area (TPSA) is 67.0 Å². The normalized spacial score (nSPS) is 11.2. The van der Waals surface area contributed by atoms with E-state index in [1.54, 1.807) is 0 Å². The summed E-state index contributed by atoms with van der Waals surface area (Å²) in [5.41, 5.74) is 1.85. The van der Waals surface area contributed by atoms with E-state index in [1.807, 2.05) is 24.3 Å². The van der Waals surface area contributed by atoms with Crippen molar-refractivity contribution in [3.8, 4) is 0 Å². The number of amides is 1. The number of halogens is 2. The Balaban J connectivity index is 1.65. The van der Waals surface area contributed by atoms with Crippen LogP contribution in [-0.4, -0.2) is 42.1 Å². The Bertz CT molecular complexity index is 553. The maximum absolute atomic E-state index is 11.8. The first-order chi connectivity index (χ1) is 10.1. The van der Waals surface area contributed by atoms with Gasteiger partial charge in [0.1, 0.15) is 12.4 Å². The number of benzene rings is 1. The van der Waals surface area contributed by atoms with Crippen LogP contribution >= 0.6 is 0 Å². The van der Waals surface area contributed by atoms with E-state index < -0.39 is 13.0 Å². The molecule has 21 heavy (non-hydrogen) atoms. The number of alkyl halides is 2. The largest absolute Gasteiger partial charge is 0.375 e. The molecule has 5 nitrogen and oxygen atoms in total. The average Bonchev–Trinajstić information content (AvgIpc) is 2.86. The van der Waals surface area contributed by atoms with Crippen molar-refractivity contribution in [1.82, 2.24) is 15.3 Å². The van der Waals surface area contributed by atoms with E-state index in [2.05, 4.69) is 20.0 Å². The van der Waals surface area contributed by atoms with Crippen molar-refractivity contribution in [3.05, 3.63) is 30.1 Å². The van der Waals surface area contributed by atoms with Crippen LogP contribution < -0.4 is 5.32 Å². The number of H-pyrrole nitrogens is 1. The highest BCUT2D eigenvalue weighted by Gasteiger charge is 2.06. The number of aromatic nitrogens is 2. The quantitative estimate of drug-likeness (QED) is 0.731. The molecule has 0 fully saturated rings. The number of nitrogens with zero attached hydrogens (tertiary/aromatic N) is 1. The minimum atomic E-state index is -2.50. The number of aromatic amines is 1. The molecule has 1 aromatic carbocycles. The van der Waals surface area contributed by atoms with Crippen molar-refractivity contribution in [1.29, 1.82) is 0 Å². The van der Waals surface area contributed by atoms with E-state index in [4.69, 9.17) is 0 Å². The second kappa shape index (κ2) is 7.68. The van der Waals surface area contributed by atoms with Crippen LogP contribution in [0.5, 0.6) is 0 Å². The summed E-state index contributed by atoms with van der Waals surface area (Å²) in [5.74, 6) is 0.575. The number of ether oxygens (including phenoxy) is 1. The Hall–Kier alpha value is -2.02. The maximum atomic E-state index is 11.8. The number of fused-ring (bicyclic) bond motifs is 1. The van der Waals surface area contributed by atoms with Crippen LogP contribution in [-0.2, 0) is 16.0 Å².